The van der Waals surface area contributed by atoms with Crippen molar-refractivity contribution in [3.05, 3.63) is 30.3 Å². The van der Waals surface area contributed by atoms with Gasteiger partial charge < -0.3 is 10.3 Å². The first-order valence-electron chi connectivity index (χ1n) is 4.32. The van der Waals surface area contributed by atoms with Crippen LogP contribution in [-0.2, 0) is 10.1 Å². The lowest BCUT2D eigenvalue weighted by molar-refractivity contribution is 0.463. The maximum absolute atomic E-state index is 11.4. The first-order chi connectivity index (χ1) is 6.91. The lowest BCUT2D eigenvalue weighted by Gasteiger charge is -2.04. The summed E-state index contributed by atoms with van der Waals surface area (Å²) in [5.41, 5.74) is 4.99. The summed E-state index contributed by atoms with van der Waals surface area (Å²) in [6.45, 7) is 0. The second-order valence-electron chi connectivity index (χ2n) is 3.18. The SMILES string of the molecule is N[C@H]1C[C@H]1F.O=S(=O)([O-])c1ccccc1. The largest absolute Gasteiger partial charge is 0.744 e. The van der Waals surface area contributed by atoms with E-state index in [4.69, 9.17) is 5.73 Å². The van der Waals surface area contributed by atoms with Crippen LogP contribution in [0.5, 0.6) is 0 Å². The third-order valence-corrected chi connectivity index (χ3v) is 2.64. The minimum Gasteiger partial charge on any atom is -0.744 e. The molecule has 0 unspecified atom stereocenters. The van der Waals surface area contributed by atoms with E-state index < -0.39 is 16.3 Å². The van der Waals surface area contributed by atoms with Crippen molar-refractivity contribution in [3.8, 4) is 0 Å². The van der Waals surface area contributed by atoms with E-state index in [1.807, 2.05) is 0 Å². The Hall–Kier alpha value is -0.980. The van der Waals surface area contributed by atoms with Gasteiger partial charge in [0.1, 0.15) is 16.3 Å². The van der Waals surface area contributed by atoms with Crippen LogP contribution in [0.1, 0.15) is 6.42 Å². The van der Waals surface area contributed by atoms with Gasteiger partial charge in [0.05, 0.1) is 4.90 Å². The van der Waals surface area contributed by atoms with Gasteiger partial charge in [0.15, 0.2) is 0 Å². The molecule has 0 spiro atoms. The van der Waals surface area contributed by atoms with Gasteiger partial charge in [0.2, 0.25) is 0 Å². The Bertz CT molecular complexity index is 401. The van der Waals surface area contributed by atoms with E-state index in [-0.39, 0.29) is 10.9 Å². The number of hydrogen-bond donors (Lipinski definition) is 1. The molecular formula is C9H11FNO3S-. The molecule has 0 bridgehead atoms. The molecule has 0 heterocycles. The van der Waals surface area contributed by atoms with Crippen molar-refractivity contribution in [1.29, 1.82) is 0 Å². The summed E-state index contributed by atoms with van der Waals surface area (Å²) in [5, 5.41) is 0. The molecular weight excluding hydrogens is 221 g/mol. The maximum atomic E-state index is 11.4. The van der Waals surface area contributed by atoms with Crippen molar-refractivity contribution in [2.24, 2.45) is 5.73 Å². The molecule has 1 fully saturated rings. The van der Waals surface area contributed by atoms with Crippen molar-refractivity contribution < 1.29 is 17.4 Å². The molecule has 15 heavy (non-hydrogen) atoms. The topological polar surface area (TPSA) is 83.2 Å². The van der Waals surface area contributed by atoms with E-state index in [0.29, 0.717) is 6.42 Å². The summed E-state index contributed by atoms with van der Waals surface area (Å²) < 4.78 is 42.2. The van der Waals surface area contributed by atoms with Crippen LogP contribution in [-0.4, -0.2) is 25.2 Å². The average Bonchev–Trinajstić information content (AvgIpc) is 2.81. The third-order valence-electron chi connectivity index (χ3n) is 1.79. The smallest absolute Gasteiger partial charge is 0.124 e. The van der Waals surface area contributed by atoms with Crippen molar-refractivity contribution in [3.63, 3.8) is 0 Å². The molecule has 1 aliphatic carbocycles. The first-order valence-corrected chi connectivity index (χ1v) is 5.72. The minimum atomic E-state index is -4.25. The quantitative estimate of drug-likeness (QED) is 0.720. The Morgan fingerprint density at radius 3 is 1.93 bits per heavy atom. The number of halogens is 1. The van der Waals surface area contributed by atoms with E-state index in [0.717, 1.165) is 0 Å². The van der Waals surface area contributed by atoms with Crippen LogP contribution in [0.3, 0.4) is 0 Å². The molecule has 2 N–H and O–H groups in total. The van der Waals surface area contributed by atoms with E-state index in [1.165, 1.54) is 24.3 Å². The molecule has 1 aliphatic rings. The normalized spacial score (nSPS) is 23.9. The molecule has 1 aromatic carbocycles. The fourth-order valence-electron chi connectivity index (χ4n) is 0.769. The number of rotatable bonds is 1. The maximum Gasteiger partial charge on any atom is 0.124 e. The van der Waals surface area contributed by atoms with Gasteiger partial charge in [-0.15, -0.1) is 0 Å². The van der Waals surface area contributed by atoms with Crippen LogP contribution in [0.2, 0.25) is 0 Å². The van der Waals surface area contributed by atoms with E-state index in [2.05, 4.69) is 0 Å². The highest BCUT2D eigenvalue weighted by Crippen LogP contribution is 2.21. The Balaban J connectivity index is 0.000000187. The highest BCUT2D eigenvalue weighted by atomic mass is 32.2. The van der Waals surface area contributed by atoms with Gasteiger partial charge in [-0.3, -0.25) is 0 Å². The second kappa shape index (κ2) is 4.69. The van der Waals surface area contributed by atoms with Gasteiger partial charge >= 0.3 is 0 Å². The highest BCUT2D eigenvalue weighted by molar-refractivity contribution is 7.85. The van der Waals surface area contributed by atoms with Crippen LogP contribution in [0.15, 0.2) is 35.2 Å². The van der Waals surface area contributed by atoms with Gasteiger partial charge in [-0.2, -0.15) is 0 Å². The zero-order valence-electron chi connectivity index (χ0n) is 7.84. The van der Waals surface area contributed by atoms with E-state index in [9.17, 15) is 17.4 Å². The van der Waals surface area contributed by atoms with Crippen LogP contribution in [0.4, 0.5) is 4.39 Å². The summed E-state index contributed by atoms with van der Waals surface area (Å²) in [6, 6.07) is 7.07. The summed E-state index contributed by atoms with van der Waals surface area (Å²) >= 11 is 0. The molecule has 2 atom stereocenters. The molecule has 2 rings (SSSR count). The van der Waals surface area contributed by atoms with Gasteiger partial charge in [-0.25, -0.2) is 12.8 Å². The molecule has 1 saturated carbocycles. The van der Waals surface area contributed by atoms with Gasteiger partial charge in [0, 0.05) is 6.04 Å². The Kier molecular flexibility index (Phi) is 3.78. The van der Waals surface area contributed by atoms with Crippen LogP contribution < -0.4 is 5.73 Å². The van der Waals surface area contributed by atoms with Crippen LogP contribution in [0.25, 0.3) is 0 Å². The molecule has 0 aliphatic heterocycles. The molecule has 84 valence electrons. The predicted molar refractivity (Wildman–Crippen MR) is 51.9 cm³/mol. The van der Waals surface area contributed by atoms with Gasteiger partial charge in [-0.1, -0.05) is 18.2 Å². The Morgan fingerprint density at radius 2 is 1.73 bits per heavy atom. The third kappa shape index (κ3) is 4.37. The summed E-state index contributed by atoms with van der Waals surface area (Å²) in [6.07, 6.45) is -0.0880. The fraction of sp³-hybridized carbons (Fsp3) is 0.333. The van der Waals surface area contributed by atoms with E-state index in [1.54, 1.807) is 6.07 Å². The first kappa shape index (κ1) is 12.1. The number of nitrogens with two attached hydrogens (primary N) is 1. The van der Waals surface area contributed by atoms with Gasteiger partial charge in [-0.05, 0) is 18.6 Å². The highest BCUT2D eigenvalue weighted by Gasteiger charge is 2.32. The molecule has 6 heteroatoms. The zero-order chi connectivity index (χ0) is 11.5. The molecule has 0 saturated heterocycles. The fourth-order valence-corrected chi connectivity index (χ4v) is 1.26. The molecule has 4 nitrogen and oxygen atoms in total. The second-order valence-corrected chi connectivity index (χ2v) is 4.56. The lowest BCUT2D eigenvalue weighted by atomic mass is 10.4. The predicted octanol–water partition coefficient (Wildman–Crippen LogP) is 0.646. The minimum absolute atomic E-state index is 0.116. The van der Waals surface area contributed by atoms with Crippen molar-refractivity contribution in [1.82, 2.24) is 0 Å². The Morgan fingerprint density at radius 1 is 1.33 bits per heavy atom. The number of alkyl halides is 1. The number of benzene rings is 1. The monoisotopic (exact) mass is 232 g/mol. The molecule has 0 aromatic heterocycles. The summed E-state index contributed by atoms with van der Waals surface area (Å²) in [5.74, 6) is 0. The van der Waals surface area contributed by atoms with Crippen LogP contribution in [0, 0.1) is 0 Å². The van der Waals surface area contributed by atoms with Crippen LogP contribution >= 0.6 is 0 Å². The average molecular weight is 232 g/mol. The lowest BCUT2D eigenvalue weighted by Crippen LogP contribution is -2.00. The van der Waals surface area contributed by atoms with Gasteiger partial charge in [0.25, 0.3) is 0 Å². The molecule has 0 amide bonds. The van der Waals surface area contributed by atoms with E-state index >= 15 is 0 Å². The summed E-state index contributed by atoms with van der Waals surface area (Å²) in [4.78, 5) is -0.185. The summed E-state index contributed by atoms with van der Waals surface area (Å²) in [7, 11) is -4.25. The standard InChI is InChI=1S/C6H6O3S.C3H6FN/c7-10(8,9)6-4-2-1-3-5-6;4-2-1-3(2)5/h1-5H,(H,7,8,9);2-3H,1,5H2/p-1/t;2-,3+/m.1/s1. The van der Waals surface area contributed by atoms with Crippen molar-refractivity contribution >= 4 is 10.1 Å². The molecule has 0 radical (unpaired) electrons. The van der Waals surface area contributed by atoms with Crippen molar-refractivity contribution in [2.45, 2.75) is 23.5 Å². The number of hydrogen-bond acceptors (Lipinski definition) is 4. The van der Waals surface area contributed by atoms with Crippen molar-refractivity contribution in [2.75, 3.05) is 0 Å². The zero-order valence-corrected chi connectivity index (χ0v) is 8.65. The molecule has 1 aromatic rings. The Labute approximate surface area is 87.7 Å².